The van der Waals surface area contributed by atoms with Crippen LogP contribution in [0.3, 0.4) is 0 Å². The van der Waals surface area contributed by atoms with Crippen molar-refractivity contribution in [1.82, 2.24) is 9.80 Å². The van der Waals surface area contributed by atoms with Gasteiger partial charge in [0.2, 0.25) is 5.91 Å². The lowest BCUT2D eigenvalue weighted by Gasteiger charge is -2.35. The smallest absolute Gasteiger partial charge is 0.225 e. The summed E-state index contributed by atoms with van der Waals surface area (Å²) in [5.74, 6) is 0.351. The highest BCUT2D eigenvalue weighted by Crippen LogP contribution is 2.24. The van der Waals surface area contributed by atoms with Crippen molar-refractivity contribution < 1.29 is 9.18 Å². The van der Waals surface area contributed by atoms with Gasteiger partial charge >= 0.3 is 0 Å². The van der Waals surface area contributed by atoms with Crippen molar-refractivity contribution in [3.05, 3.63) is 34.1 Å². The van der Waals surface area contributed by atoms with E-state index in [1.807, 2.05) is 12.1 Å². The Balaban J connectivity index is 1.51. The van der Waals surface area contributed by atoms with Crippen molar-refractivity contribution in [3.63, 3.8) is 0 Å². The van der Waals surface area contributed by atoms with Crippen molar-refractivity contribution in [2.24, 2.45) is 5.92 Å². The first kappa shape index (κ1) is 16.9. The van der Waals surface area contributed by atoms with E-state index in [0.29, 0.717) is 12.5 Å². The van der Waals surface area contributed by atoms with Crippen LogP contribution in [0.4, 0.5) is 4.39 Å². The fraction of sp³-hybridized carbons (Fsp3) is 0.611. The highest BCUT2D eigenvalue weighted by molar-refractivity contribution is 9.10. The Morgan fingerprint density at radius 1 is 1.13 bits per heavy atom. The molecule has 126 valence electrons. The molecule has 5 heteroatoms. The van der Waals surface area contributed by atoms with E-state index in [1.165, 1.54) is 12.5 Å². The van der Waals surface area contributed by atoms with Gasteiger partial charge in [-0.15, -0.1) is 0 Å². The predicted molar refractivity (Wildman–Crippen MR) is 92.5 cm³/mol. The molecule has 2 aliphatic heterocycles. The topological polar surface area (TPSA) is 23.6 Å². The molecule has 3 rings (SSSR count). The first-order chi connectivity index (χ1) is 11.1. The molecule has 3 nitrogen and oxygen atoms in total. The van der Waals surface area contributed by atoms with Gasteiger partial charge in [-0.05, 0) is 57.3 Å². The fourth-order valence-electron chi connectivity index (χ4n) is 3.60. The van der Waals surface area contributed by atoms with Crippen molar-refractivity contribution in [1.29, 1.82) is 0 Å². The van der Waals surface area contributed by atoms with E-state index in [2.05, 4.69) is 25.7 Å². The summed E-state index contributed by atoms with van der Waals surface area (Å²) in [7, 11) is 0. The molecule has 2 aliphatic rings. The molecule has 0 aromatic heterocycles. The Bertz CT molecular complexity index is 552. The molecule has 1 aromatic carbocycles. The van der Waals surface area contributed by atoms with Gasteiger partial charge < -0.3 is 4.90 Å². The normalized spacial score (nSPS) is 20.7. The summed E-state index contributed by atoms with van der Waals surface area (Å²) in [6.45, 7) is 4.25. The number of halogens is 2. The number of hydrogen-bond acceptors (Lipinski definition) is 2. The third kappa shape index (κ3) is 4.32. The molecule has 0 saturated carbocycles. The van der Waals surface area contributed by atoms with Gasteiger partial charge in [-0.25, -0.2) is 4.39 Å². The molecule has 0 bridgehead atoms. The molecule has 1 amide bonds. The Hall–Kier alpha value is -0.940. The van der Waals surface area contributed by atoms with Gasteiger partial charge in [-0.1, -0.05) is 22.0 Å². The average molecular weight is 383 g/mol. The van der Waals surface area contributed by atoms with Crippen LogP contribution in [0.1, 0.15) is 37.7 Å². The van der Waals surface area contributed by atoms with E-state index in [0.717, 1.165) is 61.9 Å². The van der Waals surface area contributed by atoms with E-state index in [9.17, 15) is 9.18 Å². The summed E-state index contributed by atoms with van der Waals surface area (Å²) in [4.78, 5) is 16.9. The number of carbonyl (C=O) groups is 1. The third-order valence-corrected chi connectivity index (χ3v) is 5.51. The minimum absolute atomic E-state index is 0.161. The van der Waals surface area contributed by atoms with Crippen molar-refractivity contribution >= 4 is 21.8 Å². The zero-order valence-electron chi connectivity index (χ0n) is 13.4. The highest BCUT2D eigenvalue weighted by Gasteiger charge is 2.29. The molecular weight excluding hydrogens is 359 g/mol. The maximum absolute atomic E-state index is 13.9. The molecule has 0 N–H and O–H groups in total. The molecule has 2 saturated heterocycles. The molecule has 0 unspecified atom stereocenters. The molecule has 0 spiro atoms. The monoisotopic (exact) mass is 382 g/mol. The largest absolute Gasteiger partial charge is 0.342 e. The SMILES string of the molecule is O=C(C1CCN(Cc2ccc(Br)cc2F)CC1)N1CCCCC1. The van der Waals surface area contributed by atoms with E-state index < -0.39 is 0 Å². The number of rotatable bonds is 3. The zero-order valence-corrected chi connectivity index (χ0v) is 15.0. The third-order valence-electron chi connectivity index (χ3n) is 5.01. The van der Waals surface area contributed by atoms with E-state index in [4.69, 9.17) is 0 Å². The summed E-state index contributed by atoms with van der Waals surface area (Å²) in [6, 6.07) is 5.23. The van der Waals surface area contributed by atoms with Crippen molar-refractivity contribution in [2.45, 2.75) is 38.6 Å². The summed E-state index contributed by atoms with van der Waals surface area (Å²) < 4.78 is 14.7. The van der Waals surface area contributed by atoms with Gasteiger partial charge in [0.05, 0.1) is 0 Å². The first-order valence-electron chi connectivity index (χ1n) is 8.58. The van der Waals surface area contributed by atoms with Gasteiger partial charge in [0.25, 0.3) is 0 Å². The summed E-state index contributed by atoms with van der Waals surface area (Å²) >= 11 is 3.29. The number of piperidine rings is 2. The minimum atomic E-state index is -0.161. The van der Waals surface area contributed by atoms with E-state index in [-0.39, 0.29) is 11.7 Å². The van der Waals surface area contributed by atoms with E-state index >= 15 is 0 Å². The molecule has 1 aromatic rings. The van der Waals surface area contributed by atoms with Gasteiger partial charge in [0.15, 0.2) is 0 Å². The second kappa shape index (κ2) is 7.75. The number of amides is 1. The maximum Gasteiger partial charge on any atom is 0.225 e. The molecular formula is C18H24BrFN2O. The maximum atomic E-state index is 13.9. The quantitative estimate of drug-likeness (QED) is 0.793. The summed E-state index contributed by atoms with van der Waals surface area (Å²) in [6.07, 6.45) is 5.34. The van der Waals surface area contributed by atoms with Crippen LogP contribution in [0.2, 0.25) is 0 Å². The molecule has 0 aliphatic carbocycles. The van der Waals surface area contributed by atoms with Crippen LogP contribution in [-0.4, -0.2) is 41.9 Å². The van der Waals surface area contributed by atoms with Gasteiger partial charge in [0, 0.05) is 35.6 Å². The van der Waals surface area contributed by atoms with Crippen molar-refractivity contribution in [2.75, 3.05) is 26.2 Å². The average Bonchev–Trinajstić information content (AvgIpc) is 2.58. The molecule has 0 atom stereocenters. The predicted octanol–water partition coefficient (Wildman–Crippen LogP) is 3.81. The molecule has 2 fully saturated rings. The highest BCUT2D eigenvalue weighted by atomic mass is 79.9. The van der Waals surface area contributed by atoms with E-state index in [1.54, 1.807) is 0 Å². The number of benzene rings is 1. The van der Waals surface area contributed by atoms with Gasteiger partial charge in [-0.2, -0.15) is 0 Å². The molecule has 0 radical (unpaired) electrons. The lowest BCUT2D eigenvalue weighted by Crippen LogP contribution is -2.44. The number of hydrogen-bond donors (Lipinski definition) is 0. The van der Waals surface area contributed by atoms with Crippen LogP contribution < -0.4 is 0 Å². The molecule has 23 heavy (non-hydrogen) atoms. The second-order valence-electron chi connectivity index (χ2n) is 6.67. The van der Waals surface area contributed by atoms with Crippen LogP contribution in [0, 0.1) is 11.7 Å². The fourth-order valence-corrected chi connectivity index (χ4v) is 3.93. The van der Waals surface area contributed by atoms with Crippen molar-refractivity contribution in [3.8, 4) is 0 Å². The van der Waals surface area contributed by atoms with Crippen LogP contribution >= 0.6 is 15.9 Å². The van der Waals surface area contributed by atoms with Crippen LogP contribution in [0.15, 0.2) is 22.7 Å². The summed E-state index contributed by atoms with van der Waals surface area (Å²) in [5, 5.41) is 0. The number of nitrogens with zero attached hydrogens (tertiary/aromatic N) is 2. The van der Waals surface area contributed by atoms with Crippen LogP contribution in [0.5, 0.6) is 0 Å². The lowest BCUT2D eigenvalue weighted by atomic mass is 9.94. The zero-order chi connectivity index (χ0) is 16.2. The van der Waals surface area contributed by atoms with Gasteiger partial charge in [0.1, 0.15) is 5.82 Å². The second-order valence-corrected chi connectivity index (χ2v) is 7.59. The first-order valence-corrected chi connectivity index (χ1v) is 9.38. The van der Waals surface area contributed by atoms with Crippen LogP contribution in [0.25, 0.3) is 0 Å². The van der Waals surface area contributed by atoms with Crippen LogP contribution in [-0.2, 0) is 11.3 Å². The number of carbonyl (C=O) groups excluding carboxylic acids is 1. The van der Waals surface area contributed by atoms with Gasteiger partial charge in [-0.3, -0.25) is 9.69 Å². The Morgan fingerprint density at radius 2 is 1.83 bits per heavy atom. The Morgan fingerprint density at radius 3 is 2.48 bits per heavy atom. The Kier molecular flexibility index (Phi) is 5.70. The molecule has 2 heterocycles. The minimum Gasteiger partial charge on any atom is -0.342 e. The summed E-state index contributed by atoms with van der Waals surface area (Å²) in [5.41, 5.74) is 0.731. The lowest BCUT2D eigenvalue weighted by molar-refractivity contribution is -0.138. The Labute approximate surface area is 146 Å². The standard InChI is InChI=1S/C18H24BrFN2O/c19-16-5-4-15(17(20)12-16)13-21-10-6-14(7-11-21)18(23)22-8-2-1-3-9-22/h4-5,12,14H,1-3,6-11,13H2. The number of likely N-dealkylation sites (tertiary alicyclic amines) is 2.